The van der Waals surface area contributed by atoms with Gasteiger partial charge in [-0.3, -0.25) is 4.79 Å². The third-order valence-electron chi connectivity index (χ3n) is 4.63. The number of hydrogen-bond donors (Lipinski definition) is 1. The summed E-state index contributed by atoms with van der Waals surface area (Å²) in [5.41, 5.74) is -0.793. The van der Waals surface area contributed by atoms with Crippen LogP contribution in [0.5, 0.6) is 5.75 Å². The lowest BCUT2D eigenvalue weighted by Gasteiger charge is -2.30. The number of amides is 1. The van der Waals surface area contributed by atoms with Crippen LogP contribution in [-0.2, 0) is 10.3 Å². The number of ether oxygens (including phenoxy) is 1. The van der Waals surface area contributed by atoms with E-state index in [1.54, 1.807) is 18.7 Å². The van der Waals surface area contributed by atoms with Gasteiger partial charge in [-0.1, -0.05) is 12.1 Å². The van der Waals surface area contributed by atoms with Gasteiger partial charge in [0.1, 0.15) is 36.2 Å². The Kier molecular flexibility index (Phi) is 4.51. The van der Waals surface area contributed by atoms with E-state index in [4.69, 9.17) is 4.74 Å². The quantitative estimate of drug-likeness (QED) is 0.886. The van der Waals surface area contributed by atoms with Crippen LogP contribution in [0.25, 0.3) is 0 Å². The third-order valence-corrected chi connectivity index (χ3v) is 4.63. The topological polar surface area (TPSA) is 80.5 Å². The number of carbonyl (C=O) groups excluding carboxylic acids is 1. The van der Waals surface area contributed by atoms with Crippen molar-refractivity contribution in [3.8, 4) is 5.75 Å². The van der Waals surface area contributed by atoms with Gasteiger partial charge in [0, 0.05) is 6.54 Å². The molecule has 1 aromatic carbocycles. The molecule has 1 atom stereocenters. The molecule has 0 bridgehead atoms. The van der Waals surface area contributed by atoms with Crippen molar-refractivity contribution in [3.05, 3.63) is 42.5 Å². The smallest absolute Gasteiger partial charge is 0.250 e. The minimum Gasteiger partial charge on any atom is -0.491 e. The van der Waals surface area contributed by atoms with Gasteiger partial charge in [0.2, 0.25) is 5.91 Å². The summed E-state index contributed by atoms with van der Waals surface area (Å²) in [7, 11) is 0. The molecule has 7 heteroatoms. The summed E-state index contributed by atoms with van der Waals surface area (Å²) in [4.78, 5) is 18.4. The molecule has 1 fully saturated rings. The van der Waals surface area contributed by atoms with Gasteiger partial charge < -0.3 is 14.7 Å². The number of β-amino-alcohol motifs (C(OH)–C–C–N with tert-alkyl or cyclic N) is 1. The highest BCUT2D eigenvalue weighted by Crippen LogP contribution is 2.27. The first-order chi connectivity index (χ1) is 11.8. The Labute approximate surface area is 147 Å². The van der Waals surface area contributed by atoms with Crippen LogP contribution in [0.4, 0.5) is 0 Å². The average molecular weight is 344 g/mol. The fraction of sp³-hybridized carbons (Fsp3) is 0.500. The molecule has 0 spiro atoms. The van der Waals surface area contributed by atoms with Crippen molar-refractivity contribution >= 4 is 5.91 Å². The first-order valence-electron chi connectivity index (χ1n) is 8.37. The fourth-order valence-electron chi connectivity index (χ4n) is 3.05. The molecule has 0 saturated carbocycles. The Morgan fingerprint density at radius 1 is 1.44 bits per heavy atom. The Hall–Kier alpha value is -2.41. The van der Waals surface area contributed by atoms with E-state index in [-0.39, 0.29) is 19.1 Å². The molecule has 1 saturated heterocycles. The average Bonchev–Trinajstić information content (AvgIpc) is 3.23. The number of hydrogen-bond acceptors (Lipinski definition) is 5. The van der Waals surface area contributed by atoms with Gasteiger partial charge >= 0.3 is 0 Å². The number of likely N-dealkylation sites (tertiary alicyclic amines) is 1. The molecular weight excluding hydrogens is 320 g/mol. The van der Waals surface area contributed by atoms with Crippen LogP contribution in [0.15, 0.2) is 36.9 Å². The minimum absolute atomic E-state index is 0.0931. The second kappa shape index (κ2) is 6.48. The molecule has 1 unspecified atom stereocenters. The van der Waals surface area contributed by atoms with E-state index in [1.165, 1.54) is 17.3 Å². The number of rotatable bonds is 5. The highest BCUT2D eigenvalue weighted by molar-refractivity contribution is 5.84. The largest absolute Gasteiger partial charge is 0.491 e. The molecule has 1 aliphatic rings. The van der Waals surface area contributed by atoms with Crippen LogP contribution in [0.2, 0.25) is 0 Å². The SMILES string of the molecule is Cc1cccc(OCC2(O)CCN(C(=O)C(C)(C)n3cncn3)C2)c1. The summed E-state index contributed by atoms with van der Waals surface area (Å²) >= 11 is 0. The van der Waals surface area contributed by atoms with Gasteiger partial charge in [-0.25, -0.2) is 9.67 Å². The van der Waals surface area contributed by atoms with Gasteiger partial charge in [-0.05, 0) is 44.9 Å². The number of aromatic nitrogens is 3. The molecule has 2 heterocycles. The highest BCUT2D eigenvalue weighted by atomic mass is 16.5. The minimum atomic E-state index is -1.04. The summed E-state index contributed by atoms with van der Waals surface area (Å²) in [5, 5.41) is 14.9. The second-order valence-electron chi connectivity index (χ2n) is 7.21. The Morgan fingerprint density at radius 3 is 2.92 bits per heavy atom. The maximum atomic E-state index is 12.9. The summed E-state index contributed by atoms with van der Waals surface area (Å²) in [6.45, 7) is 6.48. The normalized spacial score (nSPS) is 20.7. The van der Waals surface area contributed by atoms with E-state index in [1.807, 2.05) is 31.2 Å². The van der Waals surface area contributed by atoms with Crippen LogP contribution in [0, 0.1) is 6.92 Å². The van der Waals surface area contributed by atoms with Gasteiger partial charge in [-0.15, -0.1) is 0 Å². The molecule has 1 aliphatic heterocycles. The molecular formula is C18H24N4O3. The van der Waals surface area contributed by atoms with Crippen molar-refractivity contribution < 1.29 is 14.6 Å². The van der Waals surface area contributed by atoms with E-state index in [0.717, 1.165) is 11.3 Å². The van der Waals surface area contributed by atoms with Gasteiger partial charge in [0.15, 0.2) is 0 Å². The molecule has 7 nitrogen and oxygen atoms in total. The summed E-state index contributed by atoms with van der Waals surface area (Å²) in [6, 6.07) is 7.70. The van der Waals surface area contributed by atoms with E-state index in [0.29, 0.717) is 13.0 Å². The van der Waals surface area contributed by atoms with Crippen molar-refractivity contribution in [1.29, 1.82) is 0 Å². The molecule has 1 amide bonds. The van der Waals surface area contributed by atoms with Crippen LogP contribution < -0.4 is 4.74 Å². The fourth-order valence-corrected chi connectivity index (χ4v) is 3.05. The maximum absolute atomic E-state index is 12.9. The van der Waals surface area contributed by atoms with Crippen molar-refractivity contribution in [2.24, 2.45) is 0 Å². The van der Waals surface area contributed by atoms with E-state index in [2.05, 4.69) is 10.1 Å². The summed E-state index contributed by atoms with van der Waals surface area (Å²) < 4.78 is 7.28. The Morgan fingerprint density at radius 2 is 2.24 bits per heavy atom. The van der Waals surface area contributed by atoms with Gasteiger partial charge in [0.05, 0.1) is 6.54 Å². The standard InChI is InChI=1S/C18H24N4O3/c1-14-5-4-6-15(9-14)25-11-18(24)7-8-21(10-18)16(23)17(2,3)22-13-19-12-20-22/h4-6,9,12-13,24H,7-8,10-11H2,1-3H3. The molecule has 1 aromatic heterocycles. The van der Waals surface area contributed by atoms with E-state index < -0.39 is 11.1 Å². The number of nitrogens with zero attached hydrogens (tertiary/aromatic N) is 4. The van der Waals surface area contributed by atoms with Gasteiger partial charge in [-0.2, -0.15) is 5.10 Å². The van der Waals surface area contributed by atoms with Crippen LogP contribution in [0.3, 0.4) is 0 Å². The molecule has 25 heavy (non-hydrogen) atoms. The number of aryl methyl sites for hydroxylation is 1. The Balaban J connectivity index is 1.63. The molecule has 3 rings (SSSR count). The van der Waals surface area contributed by atoms with Crippen LogP contribution in [0.1, 0.15) is 25.8 Å². The van der Waals surface area contributed by atoms with Crippen LogP contribution >= 0.6 is 0 Å². The van der Waals surface area contributed by atoms with Crippen molar-refractivity contribution in [3.63, 3.8) is 0 Å². The predicted molar refractivity (Wildman–Crippen MR) is 92.2 cm³/mol. The number of benzene rings is 1. The van der Waals surface area contributed by atoms with Crippen molar-refractivity contribution in [2.75, 3.05) is 19.7 Å². The molecule has 2 aromatic rings. The molecule has 0 aliphatic carbocycles. The zero-order valence-corrected chi connectivity index (χ0v) is 14.8. The maximum Gasteiger partial charge on any atom is 0.250 e. The lowest BCUT2D eigenvalue weighted by Crippen LogP contribution is -2.48. The van der Waals surface area contributed by atoms with Gasteiger partial charge in [0.25, 0.3) is 0 Å². The van der Waals surface area contributed by atoms with Crippen molar-refractivity contribution in [1.82, 2.24) is 19.7 Å². The zero-order chi connectivity index (χ0) is 18.1. The molecule has 134 valence electrons. The first-order valence-corrected chi connectivity index (χ1v) is 8.37. The summed E-state index contributed by atoms with van der Waals surface area (Å²) in [5.74, 6) is 0.630. The first kappa shape index (κ1) is 17.4. The number of aliphatic hydroxyl groups is 1. The van der Waals surface area contributed by atoms with Crippen molar-refractivity contribution in [2.45, 2.75) is 38.3 Å². The molecule has 1 N–H and O–H groups in total. The van der Waals surface area contributed by atoms with E-state index >= 15 is 0 Å². The molecule has 0 radical (unpaired) electrons. The monoisotopic (exact) mass is 344 g/mol. The van der Waals surface area contributed by atoms with Crippen LogP contribution in [-0.4, -0.2) is 56.0 Å². The summed E-state index contributed by atoms with van der Waals surface area (Å²) in [6.07, 6.45) is 3.42. The third kappa shape index (κ3) is 3.66. The predicted octanol–water partition coefficient (Wildman–Crippen LogP) is 1.36. The number of carbonyl (C=O) groups is 1. The van der Waals surface area contributed by atoms with E-state index in [9.17, 15) is 9.90 Å². The highest BCUT2D eigenvalue weighted by Gasteiger charge is 2.43. The Bertz CT molecular complexity index is 745. The second-order valence-corrected chi connectivity index (χ2v) is 7.21. The lowest BCUT2D eigenvalue weighted by molar-refractivity contribution is -0.139. The lowest BCUT2D eigenvalue weighted by atomic mass is 10.0. The zero-order valence-electron chi connectivity index (χ0n) is 14.8.